The number of esters is 2. The van der Waals surface area contributed by atoms with Crippen LogP contribution in [0.15, 0.2) is 168 Å². The first kappa shape index (κ1) is 122. The van der Waals surface area contributed by atoms with E-state index >= 15 is 0 Å². The molecule has 130 heavy (non-hydrogen) atoms. The van der Waals surface area contributed by atoms with Crippen molar-refractivity contribution >= 4 is 133 Å². The molecule has 14 heterocycles. The van der Waals surface area contributed by atoms with Crippen LogP contribution in [0.3, 0.4) is 0 Å². The first-order valence-electron chi connectivity index (χ1n) is 38.1. The van der Waals surface area contributed by atoms with Gasteiger partial charge >= 0.3 is 222 Å². The minimum Gasteiger partial charge on any atom is -1.00 e. The first-order chi connectivity index (χ1) is 60.4. The summed E-state index contributed by atoms with van der Waals surface area (Å²) >= 11 is 20.9. The van der Waals surface area contributed by atoms with Gasteiger partial charge < -0.3 is 78.5 Å². The van der Waals surface area contributed by atoms with Gasteiger partial charge in [0.1, 0.15) is 41.9 Å². The third-order valence-electron chi connectivity index (χ3n) is 15.8. The quantitative estimate of drug-likeness (QED) is 0.0129. The summed E-state index contributed by atoms with van der Waals surface area (Å²) in [4.78, 5) is 121. The Morgan fingerprint density at radius 1 is 0.508 bits per heavy atom. The Morgan fingerprint density at radius 3 is 1.20 bits per heavy atom. The number of pyridine rings is 10. The molecule has 0 aromatic carbocycles. The Balaban J connectivity index is 0.00000152. The minimum atomic E-state index is -2.23. The van der Waals surface area contributed by atoms with E-state index in [9.17, 15) is 23.7 Å². The summed E-state index contributed by atoms with van der Waals surface area (Å²) in [5, 5.41) is 24.9. The molecule has 0 aliphatic carbocycles. The molecule has 10 aromatic rings. The van der Waals surface area contributed by atoms with Crippen molar-refractivity contribution in [3.05, 3.63) is 222 Å². The van der Waals surface area contributed by atoms with Gasteiger partial charge in [0.05, 0.1) is 137 Å². The fourth-order valence-corrected chi connectivity index (χ4v) is 15.8. The molecule has 0 amide bonds. The molecule has 0 bridgehead atoms. The van der Waals surface area contributed by atoms with E-state index in [1.807, 2.05) is 48.7 Å². The van der Waals surface area contributed by atoms with Crippen molar-refractivity contribution in [1.29, 1.82) is 0 Å². The molecule has 4 aliphatic rings. The average Bonchev–Trinajstić information content (AvgIpc) is 1.77. The summed E-state index contributed by atoms with van der Waals surface area (Å²) in [7, 11) is 0.921. The molecule has 44 heteroatoms. The van der Waals surface area contributed by atoms with Gasteiger partial charge in [-0.3, -0.25) is 34.3 Å². The molecule has 4 fully saturated rings. The maximum atomic E-state index is 11.2. The fraction of sp³-hybridized carbons (Fsp3) is 0.349. The molecule has 35 nitrogen and oxygen atoms in total. The number of rotatable bonds is 21. The number of aryl methyl sites for hydroxylation is 1. The van der Waals surface area contributed by atoms with E-state index in [-0.39, 0.29) is 197 Å². The third kappa shape index (κ3) is 45.7. The van der Waals surface area contributed by atoms with Crippen molar-refractivity contribution < 1.29 is 224 Å². The van der Waals surface area contributed by atoms with Crippen LogP contribution in [0, 0.1) is 0 Å². The van der Waals surface area contributed by atoms with E-state index in [2.05, 4.69) is 126 Å². The predicted molar refractivity (Wildman–Crippen MR) is 483 cm³/mol. The van der Waals surface area contributed by atoms with Crippen LogP contribution in [-0.2, 0) is 87.2 Å². The Morgan fingerprint density at radius 2 is 0.854 bits per heavy atom. The van der Waals surface area contributed by atoms with Crippen molar-refractivity contribution in [2.75, 3.05) is 106 Å². The number of aromatic nitrogens is 10. The first-order valence-corrected chi connectivity index (χ1v) is 53.5. The molecule has 0 atom stereocenters. The molecule has 0 spiro atoms. The number of methoxy groups -OCH3 is 2. The predicted octanol–water partition coefficient (Wildman–Crippen LogP) is 9.35. The van der Waals surface area contributed by atoms with E-state index in [0.717, 1.165) is 61.6 Å². The van der Waals surface area contributed by atoms with E-state index in [1.165, 1.54) is 21.9 Å². The van der Waals surface area contributed by atoms with Crippen molar-refractivity contribution in [3.8, 4) is 62.8 Å². The number of hydrogen-bond acceptors (Lipinski definition) is 34. The summed E-state index contributed by atoms with van der Waals surface area (Å²) in [6.45, 7) is 16.7. The molecule has 14 rings (SSSR count). The number of carbonyl (C=O) groups excluding carboxylic acids is 6. The van der Waals surface area contributed by atoms with Crippen LogP contribution in [0.2, 0.25) is 30.3 Å². The van der Waals surface area contributed by atoms with Crippen LogP contribution in [0.4, 0.5) is 0 Å². The number of aromatic carboxylic acids is 1. The second-order valence-corrected chi connectivity index (χ2v) is 47.1. The summed E-state index contributed by atoms with van der Waals surface area (Å²) in [6, 6.07) is 35.5. The van der Waals surface area contributed by atoms with Gasteiger partial charge in [0, 0.05) is 78.5 Å². The van der Waals surface area contributed by atoms with E-state index in [1.54, 1.807) is 122 Å². The fourth-order valence-electron chi connectivity index (χ4n) is 10.4. The summed E-state index contributed by atoms with van der Waals surface area (Å²) < 4.78 is 82.5. The normalized spacial score (nSPS) is 12.8. The molecule has 4 aliphatic heterocycles. The van der Waals surface area contributed by atoms with Gasteiger partial charge in [-0.2, -0.15) is 9.59 Å². The zero-order valence-corrected chi connectivity index (χ0v) is 87.7. The second kappa shape index (κ2) is 66.9. The van der Waals surface area contributed by atoms with E-state index < -0.39 is 37.5 Å². The largest absolute Gasteiger partial charge is 1.00 e. The maximum Gasteiger partial charge on any atom is 1.00 e. The Labute approximate surface area is 876 Å². The van der Waals surface area contributed by atoms with Crippen molar-refractivity contribution in [2.45, 2.75) is 88.9 Å². The summed E-state index contributed by atoms with van der Waals surface area (Å²) in [5.74, 6) is -0.201. The topological polar surface area (TPSA) is 458 Å². The number of carboxylic acids is 1. The van der Waals surface area contributed by atoms with E-state index in [4.69, 9.17) is 126 Å². The minimum absolute atomic E-state index is 0. The Hall–Kier alpha value is -6.44. The summed E-state index contributed by atoms with van der Waals surface area (Å²) in [6.07, 6.45) is 10.5. The van der Waals surface area contributed by atoms with Crippen molar-refractivity contribution in [3.63, 3.8) is 0 Å². The number of ether oxygens (including phenoxy) is 13. The number of halogens is 5. The van der Waals surface area contributed by atoms with E-state index in [0.29, 0.717) is 123 Å². The number of carbonyl (C=O) groups is 5. The number of aliphatic hydroxyl groups is 1. The summed E-state index contributed by atoms with van der Waals surface area (Å²) in [5.41, 5.74) is 11.0. The molecule has 0 unspecified atom stereocenters. The monoisotopic (exact) mass is 2170 g/mol. The number of aliphatic hydroxyl groups excluding tert-OH is 1. The molecular formula is C86H102Br2Cl3K2N10O25PSn. The van der Waals surface area contributed by atoms with Gasteiger partial charge in [0.2, 0.25) is 0 Å². The number of hydrogen-bond donors (Lipinski definition) is 2. The molecule has 0 radical (unpaired) electrons. The molecule has 692 valence electrons. The Bertz CT molecular complexity index is 5010. The molecule has 10 aromatic heterocycles. The van der Waals surface area contributed by atoms with Crippen molar-refractivity contribution in [1.82, 2.24) is 49.8 Å². The van der Waals surface area contributed by atoms with Crippen LogP contribution >= 0.6 is 73.8 Å². The number of nitrogens with zero attached hydrogens (tertiary/aromatic N) is 10. The SMILES string of the molecule is Brc1cc(C2OCCO2)ccn1.C.C.CCO.CCOC(=O)CP(C)(C)=O.CCOC(=O)c1cc(Cl)nc(Br)c1.CCc1cc(-c2cc(C3OCCO3)ccn2)nc(-c2cc(C3OCCO3)ccn2)c1.COc1ccnc(-c2cc(OC=O)cc(-c3cc(OC)ccn3)n2)c1.O=C(O)c1cc(Cl)nc(Cl)c1.O=C=O.O=CO[O-].[CH3][Sn]([CH3])([CH3])[c]1cc(C2OCCO2)ccn1.[H-].[K+].[K+]. The molecule has 0 saturated carbocycles. The maximum absolute atomic E-state index is 11.2. The van der Waals surface area contributed by atoms with Crippen LogP contribution in [-0.4, -0.2) is 222 Å². The van der Waals surface area contributed by atoms with Crippen LogP contribution in [0.25, 0.3) is 45.6 Å². The Kier molecular flexibility index (Phi) is 62.5. The van der Waals surface area contributed by atoms with Gasteiger partial charge in [0.15, 0.2) is 18.9 Å². The van der Waals surface area contributed by atoms with Gasteiger partial charge in [0.25, 0.3) is 12.9 Å². The van der Waals surface area contributed by atoms with Gasteiger partial charge in [-0.1, -0.05) is 56.6 Å². The van der Waals surface area contributed by atoms with Gasteiger partial charge in [-0.25, -0.2) is 34.5 Å². The van der Waals surface area contributed by atoms with Gasteiger partial charge in [-0.15, -0.1) is 0 Å². The van der Waals surface area contributed by atoms with Gasteiger partial charge in [-0.05, 0) is 163 Å². The zero-order valence-electron chi connectivity index (χ0n) is 73.3. The molecular weight excluding hydrogens is 2070 g/mol. The second-order valence-electron chi connectivity index (χ2n) is 26.6. The van der Waals surface area contributed by atoms with Crippen LogP contribution in [0.5, 0.6) is 17.2 Å². The van der Waals surface area contributed by atoms with Crippen LogP contribution in [0.1, 0.15) is 118 Å². The molecule has 4 saturated heterocycles. The standard InChI is InChI=1S/C23H23N3O4.C18H15N3O4.C8H7BrClNO2.C8H8BrNO2.C8H8NO2.C6H3Cl2NO2.C6H13O3P.C2H6O.CH2O3.CO2.2CH4.3CH3.2K.Sn.H/c1-2-15-11-20(18-13-16(3-5-24-18)22-27-7-8-28-22)26-21(12-15)19-14-17(4-6-25-19)23-29-9-10-30-23;1-23-12-3-5-19-15(7-12)17-9-14(25-11-22)10-18(21-17)16-8-13(24-2)4-6-20-16;1-2-13-8(12)5-3-6(9)11-7(10)4-5;9-7-5-6(1-2-10-7)8-11-3-4-12-8;1-3-9-4-2-7(1)8-10-5-6-11-8;7-4-1-3(6(10)11)2-5(8)9-4;1-4-9-6(7)5-10(2,3)8;1-2-3;2-1-4-3;2-1-3;;;;;;;;;/h3-6,11-14,22-23H,2,7-10H2,1H3;3-11H,1-2H3;3-4H,2H2,1H3;1-2,5,8H,3-4H2;1-3,8H,5-6H2;1-2H,(H,10,11);4-5H2,1-3H3;3H,2H2,1H3;1,3H;;2*1H4;3*1H3;;;;/q;;;;;;;;;;;;;;;2*+1;;-1/p-1. The zero-order chi connectivity index (χ0) is 92.6. The molecule has 2 N–H and O–H groups in total. The average molecular weight is 2170 g/mol. The van der Waals surface area contributed by atoms with Crippen LogP contribution < -0.4 is 126 Å². The number of carboxylic acid groups (broad SMARTS) is 1. The van der Waals surface area contributed by atoms with Crippen molar-refractivity contribution in [2.24, 2.45) is 0 Å². The smallest absolute Gasteiger partial charge is 1.00 e. The third-order valence-corrected chi connectivity index (χ3v) is 23.5.